The van der Waals surface area contributed by atoms with E-state index in [1.54, 1.807) is 22.9 Å². The van der Waals surface area contributed by atoms with Gasteiger partial charge in [-0.3, -0.25) is 10.2 Å². The van der Waals surface area contributed by atoms with Gasteiger partial charge in [0.15, 0.2) is 0 Å². The van der Waals surface area contributed by atoms with Crippen molar-refractivity contribution in [3.05, 3.63) is 0 Å². The van der Waals surface area contributed by atoms with E-state index in [0.29, 0.717) is 0 Å². The van der Waals surface area contributed by atoms with E-state index in [-0.39, 0.29) is 0 Å². The second kappa shape index (κ2) is 4.75. The summed E-state index contributed by atoms with van der Waals surface area (Å²) in [5.41, 5.74) is 2.02. The predicted molar refractivity (Wildman–Crippen MR) is 40.6 cm³/mol. The molecule has 0 heterocycles. The number of hydrazine groups is 1. The number of hydrogen-bond acceptors (Lipinski definition) is 2. The van der Waals surface area contributed by atoms with Crippen LogP contribution in [0.3, 0.4) is 0 Å². The van der Waals surface area contributed by atoms with E-state index in [9.17, 15) is 18.0 Å². The first-order valence-electron chi connectivity index (χ1n) is 2.67. The Kier molecular flexibility index (Phi) is 4.73. The SMILES string of the molecule is O=C(CCC(F)(F)F)NNI. The van der Waals surface area contributed by atoms with Gasteiger partial charge in [-0.1, -0.05) is 0 Å². The average Bonchev–Trinajstić information content (AvgIpc) is 1.83. The Labute approximate surface area is 75.2 Å². The summed E-state index contributed by atoms with van der Waals surface area (Å²) in [5.74, 6) is -0.670. The lowest BCUT2D eigenvalue weighted by Gasteiger charge is -2.04. The second-order valence-electron chi connectivity index (χ2n) is 1.76. The molecule has 0 aromatic carbocycles. The highest BCUT2D eigenvalue weighted by Crippen LogP contribution is 2.20. The van der Waals surface area contributed by atoms with Crippen LogP contribution in [-0.4, -0.2) is 12.1 Å². The fourth-order valence-corrected chi connectivity index (χ4v) is 0.671. The highest BCUT2D eigenvalue weighted by molar-refractivity contribution is 14.1. The van der Waals surface area contributed by atoms with Crippen LogP contribution in [0.15, 0.2) is 0 Å². The molecule has 0 saturated heterocycles. The molecule has 0 aromatic heterocycles. The van der Waals surface area contributed by atoms with Crippen molar-refractivity contribution < 1.29 is 18.0 Å². The molecule has 0 aliphatic rings. The van der Waals surface area contributed by atoms with Gasteiger partial charge in [-0.2, -0.15) is 16.8 Å². The highest BCUT2D eigenvalue weighted by Gasteiger charge is 2.27. The van der Waals surface area contributed by atoms with Gasteiger partial charge < -0.3 is 0 Å². The summed E-state index contributed by atoms with van der Waals surface area (Å²) in [5, 5.41) is 0. The summed E-state index contributed by atoms with van der Waals surface area (Å²) in [6, 6.07) is 0. The number of carbonyl (C=O) groups is 1. The zero-order chi connectivity index (χ0) is 8.91. The minimum atomic E-state index is -4.26. The molecule has 0 rings (SSSR count). The molecule has 3 nitrogen and oxygen atoms in total. The third-order valence-electron chi connectivity index (χ3n) is 0.822. The Morgan fingerprint density at radius 2 is 2.00 bits per heavy atom. The number of amides is 1. The smallest absolute Gasteiger partial charge is 0.282 e. The average molecular weight is 282 g/mol. The highest BCUT2D eigenvalue weighted by atomic mass is 127. The minimum absolute atomic E-state index is 0.542. The molecule has 11 heavy (non-hydrogen) atoms. The van der Waals surface area contributed by atoms with E-state index in [0.717, 1.165) is 0 Å². The fraction of sp³-hybridized carbons (Fsp3) is 0.750. The summed E-state index contributed by atoms with van der Waals surface area (Å²) in [6.45, 7) is 0. The fourth-order valence-electron chi connectivity index (χ4n) is 0.370. The van der Waals surface area contributed by atoms with Gasteiger partial charge in [0.2, 0.25) is 5.91 Å². The maximum Gasteiger partial charge on any atom is 0.389 e. The lowest BCUT2D eigenvalue weighted by molar-refractivity contribution is -0.144. The summed E-state index contributed by atoms with van der Waals surface area (Å²) in [6.07, 6.45) is -5.89. The van der Waals surface area contributed by atoms with Crippen LogP contribution < -0.4 is 9.06 Å². The minimum Gasteiger partial charge on any atom is -0.282 e. The number of rotatable bonds is 3. The van der Waals surface area contributed by atoms with Crippen molar-refractivity contribution in [2.75, 3.05) is 0 Å². The summed E-state index contributed by atoms with van der Waals surface area (Å²) in [4.78, 5) is 10.4. The summed E-state index contributed by atoms with van der Waals surface area (Å²) >= 11 is 1.60. The van der Waals surface area contributed by atoms with Crippen molar-refractivity contribution in [3.8, 4) is 0 Å². The van der Waals surface area contributed by atoms with Crippen molar-refractivity contribution in [3.63, 3.8) is 0 Å². The number of nitrogens with one attached hydrogen (secondary N) is 2. The van der Waals surface area contributed by atoms with E-state index in [4.69, 9.17) is 0 Å². The van der Waals surface area contributed by atoms with Crippen LogP contribution in [0.1, 0.15) is 12.8 Å². The Hall–Kier alpha value is -0.0500. The van der Waals surface area contributed by atoms with Gasteiger partial charge in [-0.15, -0.1) is 0 Å². The van der Waals surface area contributed by atoms with E-state index in [1.807, 2.05) is 5.43 Å². The van der Waals surface area contributed by atoms with E-state index in [1.165, 1.54) is 0 Å². The van der Waals surface area contributed by atoms with Crippen molar-refractivity contribution in [2.45, 2.75) is 19.0 Å². The van der Waals surface area contributed by atoms with Gasteiger partial charge in [-0.25, -0.2) is 0 Å². The molecular weight excluding hydrogens is 276 g/mol. The number of halogens is 4. The van der Waals surface area contributed by atoms with Crippen LogP contribution in [0.25, 0.3) is 0 Å². The first kappa shape index (κ1) is 11.0. The Bertz CT molecular complexity index is 138. The quantitative estimate of drug-likeness (QED) is 0.465. The van der Waals surface area contributed by atoms with Crippen LogP contribution in [0.2, 0.25) is 0 Å². The molecule has 2 N–H and O–H groups in total. The maximum atomic E-state index is 11.5. The van der Waals surface area contributed by atoms with Crippen LogP contribution in [-0.2, 0) is 4.79 Å². The maximum absolute atomic E-state index is 11.5. The second-order valence-corrected chi connectivity index (χ2v) is 2.30. The molecule has 7 heteroatoms. The molecule has 0 saturated carbocycles. The molecular formula is C4H6F3IN2O. The lowest BCUT2D eigenvalue weighted by atomic mass is 10.3. The first-order chi connectivity index (χ1) is 4.95. The normalized spacial score (nSPS) is 11.3. The van der Waals surface area contributed by atoms with Crippen molar-refractivity contribution in [2.24, 2.45) is 0 Å². The number of hydrogen-bond donors (Lipinski definition) is 2. The molecule has 0 atom stereocenters. The third-order valence-corrected chi connectivity index (χ3v) is 1.09. The standard InChI is InChI=1S/C4H6F3IN2O/c5-4(6,7)2-1-3(11)9-10-8/h10H,1-2H2,(H,9,11). The summed E-state index contributed by atoms with van der Waals surface area (Å²) < 4.78 is 36.6. The molecule has 66 valence electrons. The lowest BCUT2D eigenvalue weighted by Crippen LogP contribution is -2.30. The zero-order valence-corrected chi connectivity index (χ0v) is 7.49. The Morgan fingerprint density at radius 1 is 1.45 bits per heavy atom. The molecule has 0 bridgehead atoms. The van der Waals surface area contributed by atoms with Gasteiger partial charge >= 0.3 is 6.18 Å². The number of carbonyl (C=O) groups excluding carboxylic acids is 1. The van der Waals surface area contributed by atoms with Gasteiger partial charge in [0.05, 0.1) is 6.42 Å². The van der Waals surface area contributed by atoms with E-state index < -0.39 is 24.9 Å². The van der Waals surface area contributed by atoms with Gasteiger partial charge in [0.1, 0.15) is 0 Å². The molecule has 0 unspecified atom stereocenters. The molecule has 0 aromatic rings. The van der Waals surface area contributed by atoms with Gasteiger partial charge in [0, 0.05) is 29.3 Å². The van der Waals surface area contributed by atoms with Crippen LogP contribution in [0, 0.1) is 0 Å². The van der Waals surface area contributed by atoms with E-state index in [2.05, 4.69) is 3.64 Å². The van der Waals surface area contributed by atoms with Crippen molar-refractivity contribution in [1.82, 2.24) is 9.06 Å². The predicted octanol–water partition coefficient (Wildman–Crippen LogP) is 1.30. The third kappa shape index (κ3) is 7.85. The molecule has 0 spiro atoms. The first-order valence-corrected chi connectivity index (χ1v) is 3.75. The largest absolute Gasteiger partial charge is 0.389 e. The molecule has 0 fully saturated rings. The molecule has 0 radical (unpaired) electrons. The van der Waals surface area contributed by atoms with Crippen LogP contribution >= 0.6 is 22.9 Å². The van der Waals surface area contributed by atoms with E-state index >= 15 is 0 Å². The molecule has 1 amide bonds. The van der Waals surface area contributed by atoms with Crippen LogP contribution in [0.4, 0.5) is 13.2 Å². The molecule has 0 aliphatic carbocycles. The van der Waals surface area contributed by atoms with Gasteiger partial charge in [0.25, 0.3) is 0 Å². The zero-order valence-electron chi connectivity index (χ0n) is 5.33. The van der Waals surface area contributed by atoms with Gasteiger partial charge in [-0.05, 0) is 0 Å². The van der Waals surface area contributed by atoms with Crippen LogP contribution in [0.5, 0.6) is 0 Å². The molecule has 0 aliphatic heterocycles. The Morgan fingerprint density at radius 3 is 2.36 bits per heavy atom. The number of alkyl halides is 3. The Balaban J connectivity index is 3.46. The monoisotopic (exact) mass is 282 g/mol. The van der Waals surface area contributed by atoms with Crippen molar-refractivity contribution in [1.29, 1.82) is 0 Å². The summed E-state index contributed by atoms with van der Waals surface area (Å²) in [7, 11) is 0. The van der Waals surface area contributed by atoms with Crippen molar-refractivity contribution >= 4 is 28.8 Å². The topological polar surface area (TPSA) is 41.1 Å².